The highest BCUT2D eigenvalue weighted by atomic mass is 16.6. The zero-order valence-corrected chi connectivity index (χ0v) is 29.0. The van der Waals surface area contributed by atoms with E-state index in [-0.39, 0.29) is 0 Å². The van der Waals surface area contributed by atoms with Gasteiger partial charge in [-0.25, -0.2) is 14.4 Å². The molecule has 15 nitrogen and oxygen atoms in total. The molecule has 272 valence electrons. The van der Waals surface area contributed by atoms with Crippen LogP contribution in [0, 0.1) is 0 Å². The average Bonchev–Trinajstić information content (AvgIpc) is 3.00. The minimum atomic E-state index is -2.32. The molecule has 0 saturated heterocycles. The number of nitrogens with zero attached hydrogens (tertiary/aromatic N) is 1. The van der Waals surface area contributed by atoms with Crippen molar-refractivity contribution < 1.29 is 53.8 Å². The van der Waals surface area contributed by atoms with Crippen LogP contribution in [0.15, 0.2) is 77.5 Å². The highest BCUT2D eigenvalue weighted by Crippen LogP contribution is 2.47. The summed E-state index contributed by atoms with van der Waals surface area (Å²) in [6, 6.07) is 14.0. The third-order valence-electron chi connectivity index (χ3n) is 7.28. The molecule has 5 atom stereocenters. The molecule has 0 aromatic heterocycles. The Bertz CT molecular complexity index is 1530. The van der Waals surface area contributed by atoms with Gasteiger partial charge in [0, 0.05) is 6.92 Å². The van der Waals surface area contributed by atoms with Crippen LogP contribution in [-0.2, 0) is 23.8 Å². The number of hydrogen-bond donors (Lipinski definition) is 7. The molecule has 50 heavy (non-hydrogen) atoms. The van der Waals surface area contributed by atoms with Crippen LogP contribution in [0.4, 0.5) is 9.59 Å². The molecule has 1 aliphatic heterocycles. The van der Waals surface area contributed by atoms with Gasteiger partial charge in [-0.05, 0) is 58.7 Å². The van der Waals surface area contributed by atoms with E-state index in [0.717, 1.165) is 6.08 Å². The van der Waals surface area contributed by atoms with Gasteiger partial charge >= 0.3 is 18.2 Å². The van der Waals surface area contributed by atoms with Crippen molar-refractivity contribution in [2.24, 2.45) is 4.99 Å². The molecule has 3 amide bonds. The number of guanidine groups is 1. The van der Waals surface area contributed by atoms with Crippen molar-refractivity contribution in [3.63, 3.8) is 0 Å². The normalized spacial score (nSPS) is 20.8. The first-order chi connectivity index (χ1) is 23.3. The van der Waals surface area contributed by atoms with Crippen molar-refractivity contribution in [1.29, 1.82) is 0 Å². The van der Waals surface area contributed by atoms with E-state index >= 15 is 0 Å². The van der Waals surface area contributed by atoms with Crippen LogP contribution in [0.2, 0.25) is 0 Å². The summed E-state index contributed by atoms with van der Waals surface area (Å²) in [5.41, 5.74) is -3.35. The minimum Gasteiger partial charge on any atom is -0.475 e. The van der Waals surface area contributed by atoms with E-state index in [9.17, 15) is 39.6 Å². The van der Waals surface area contributed by atoms with Crippen LogP contribution in [0.1, 0.15) is 65.5 Å². The lowest BCUT2D eigenvalue weighted by molar-refractivity contribution is -0.185. The number of carbonyl (C=O) groups excluding carboxylic acids is 3. The summed E-state index contributed by atoms with van der Waals surface area (Å²) in [5.74, 6) is -4.72. The van der Waals surface area contributed by atoms with E-state index in [0.29, 0.717) is 11.1 Å². The van der Waals surface area contributed by atoms with Crippen LogP contribution in [0.25, 0.3) is 0 Å². The minimum absolute atomic E-state index is 0.471. The number of hydrogen-bond acceptors (Lipinski definition) is 10. The number of benzene rings is 2. The van der Waals surface area contributed by atoms with Gasteiger partial charge in [0.1, 0.15) is 23.4 Å². The van der Waals surface area contributed by atoms with Gasteiger partial charge in [-0.1, -0.05) is 60.7 Å². The van der Waals surface area contributed by atoms with E-state index in [4.69, 9.17) is 14.2 Å². The summed E-state index contributed by atoms with van der Waals surface area (Å²) in [7, 11) is 0. The second kappa shape index (κ2) is 16.1. The number of aliphatic hydroxyl groups excluding tert-OH is 3. The maximum Gasteiger partial charge on any atom is 0.437 e. The Morgan fingerprint density at radius 3 is 1.84 bits per heavy atom. The first-order valence-electron chi connectivity index (χ1n) is 15.8. The van der Waals surface area contributed by atoms with Gasteiger partial charge in [-0.15, -0.1) is 4.99 Å². The van der Waals surface area contributed by atoms with Crippen molar-refractivity contribution in [2.45, 2.75) is 95.5 Å². The van der Waals surface area contributed by atoms with Crippen molar-refractivity contribution in [2.75, 3.05) is 6.61 Å². The quantitative estimate of drug-likeness (QED) is 0.148. The van der Waals surface area contributed by atoms with Gasteiger partial charge in [0.2, 0.25) is 17.6 Å². The fourth-order valence-corrected chi connectivity index (χ4v) is 5.58. The number of carbonyl (C=O) groups is 4. The van der Waals surface area contributed by atoms with Gasteiger partial charge in [0.25, 0.3) is 0 Å². The van der Waals surface area contributed by atoms with Gasteiger partial charge in [-0.2, -0.15) is 0 Å². The molecule has 0 bridgehead atoms. The largest absolute Gasteiger partial charge is 0.475 e. The van der Waals surface area contributed by atoms with Crippen molar-refractivity contribution in [1.82, 2.24) is 16.0 Å². The highest BCUT2D eigenvalue weighted by Gasteiger charge is 2.61. The van der Waals surface area contributed by atoms with Crippen LogP contribution in [0.5, 0.6) is 0 Å². The predicted molar refractivity (Wildman–Crippen MR) is 181 cm³/mol. The molecule has 2 aromatic carbocycles. The summed E-state index contributed by atoms with van der Waals surface area (Å²) in [5, 5.41) is 51.4. The number of rotatable bonds is 9. The predicted octanol–water partition coefficient (Wildman–Crippen LogP) is 2.55. The van der Waals surface area contributed by atoms with Crippen LogP contribution >= 0.6 is 0 Å². The van der Waals surface area contributed by atoms with Crippen molar-refractivity contribution in [3.8, 4) is 0 Å². The first kappa shape index (κ1) is 39.4. The fourth-order valence-electron chi connectivity index (χ4n) is 5.58. The Morgan fingerprint density at radius 2 is 1.40 bits per heavy atom. The van der Waals surface area contributed by atoms with E-state index in [1.807, 2.05) is 0 Å². The molecule has 1 aliphatic rings. The smallest absolute Gasteiger partial charge is 0.437 e. The molecule has 0 radical (unpaired) electrons. The lowest BCUT2D eigenvalue weighted by atomic mass is 9.66. The molecule has 3 rings (SSSR count). The van der Waals surface area contributed by atoms with E-state index < -0.39 is 89.4 Å². The number of aliphatic carboxylic acids is 1. The Balaban J connectivity index is 2.38. The van der Waals surface area contributed by atoms with Crippen LogP contribution < -0.4 is 16.0 Å². The summed E-state index contributed by atoms with van der Waals surface area (Å²) in [4.78, 5) is 55.4. The number of aliphatic hydroxyl groups is 3. The Kier molecular flexibility index (Phi) is 12.7. The Morgan fingerprint density at radius 1 is 0.880 bits per heavy atom. The molecule has 0 fully saturated rings. The molecule has 7 N–H and O–H groups in total. The van der Waals surface area contributed by atoms with E-state index in [2.05, 4.69) is 20.9 Å². The summed E-state index contributed by atoms with van der Waals surface area (Å²) >= 11 is 0. The number of amides is 3. The Hall–Kier alpha value is -4.99. The van der Waals surface area contributed by atoms with E-state index in [1.54, 1.807) is 102 Å². The number of aliphatic imine (C=N–C) groups is 1. The van der Waals surface area contributed by atoms with Gasteiger partial charge in [0.15, 0.2) is 5.60 Å². The monoisotopic (exact) mass is 698 g/mol. The van der Waals surface area contributed by atoms with Crippen LogP contribution in [0.3, 0.4) is 0 Å². The summed E-state index contributed by atoms with van der Waals surface area (Å²) in [6.45, 7) is 9.79. The SMILES string of the molecule is CC(=O)N[C@@H]1[C@@H](NC(=NC(=O)OC(C)(C)C)NC(=O)OC(C)(C)C)C=C(C(=O)O)O[C@@]1(C(c1ccccc1)c1ccccc1)[C@H](O)[C@H](O)CO. The molecule has 0 unspecified atom stereocenters. The van der Waals surface area contributed by atoms with Gasteiger partial charge in [0.05, 0.1) is 24.6 Å². The number of nitrogens with one attached hydrogen (secondary N) is 3. The zero-order chi connectivity index (χ0) is 37.4. The van der Waals surface area contributed by atoms with Gasteiger partial charge < -0.3 is 45.3 Å². The Labute approximate surface area is 290 Å². The second-order valence-electron chi connectivity index (χ2n) is 13.7. The first-order valence-corrected chi connectivity index (χ1v) is 15.8. The fraction of sp³-hybridized carbons (Fsp3) is 0.457. The van der Waals surface area contributed by atoms with Crippen molar-refractivity contribution >= 4 is 30.0 Å². The number of ether oxygens (including phenoxy) is 3. The van der Waals surface area contributed by atoms with Crippen LogP contribution in [-0.4, -0.2) is 98.2 Å². The lowest BCUT2D eigenvalue weighted by Gasteiger charge is -2.53. The highest BCUT2D eigenvalue weighted by molar-refractivity contribution is 5.99. The van der Waals surface area contributed by atoms with Crippen molar-refractivity contribution in [3.05, 3.63) is 83.6 Å². The topological polar surface area (TPSA) is 225 Å². The molecule has 2 aromatic rings. The molecule has 0 aliphatic carbocycles. The molecule has 15 heteroatoms. The molecule has 1 heterocycles. The number of alkyl carbamates (subject to hydrolysis) is 1. The lowest BCUT2D eigenvalue weighted by Crippen LogP contribution is -2.73. The maximum absolute atomic E-state index is 13.0. The number of carboxylic acid groups (broad SMARTS) is 1. The van der Waals surface area contributed by atoms with Gasteiger partial charge in [-0.3, -0.25) is 10.1 Å². The standard InChI is InChI=1S/C35H46N4O11/c1-20(41)36-27-23(37-30(38-31(46)49-33(2,3)4)39-32(47)50-34(5,6)7)18-25(29(44)45)48-35(27,28(43)24(42)19-40)26(21-14-10-8-11-15-21)22-16-12-9-13-17-22/h8-18,23-24,26-28,40,42-43H,19H2,1-7H3,(H,36,41)(H,44,45)(H2,37,38,39,46,47)/t23-,24+,27+,28+,35+/m0/s1. The molecular formula is C35H46N4O11. The average molecular weight is 699 g/mol. The summed E-state index contributed by atoms with van der Waals surface area (Å²) < 4.78 is 16.9. The molecular weight excluding hydrogens is 652 g/mol. The third-order valence-corrected chi connectivity index (χ3v) is 7.28. The maximum atomic E-state index is 13.0. The second-order valence-corrected chi connectivity index (χ2v) is 13.7. The molecule has 0 spiro atoms. The third kappa shape index (κ3) is 10.3. The zero-order valence-electron chi connectivity index (χ0n) is 29.0. The number of carboxylic acids is 1. The van der Waals surface area contributed by atoms with E-state index in [1.165, 1.54) is 6.92 Å². The summed E-state index contributed by atoms with van der Waals surface area (Å²) in [6.07, 6.45) is -5.16. The molecule has 0 saturated carbocycles.